The Kier molecular flexibility index (Phi) is 9.39. The lowest BCUT2D eigenvalue weighted by Crippen LogP contribution is -2.45. The average molecular weight is 551 g/mol. The molecule has 0 spiro atoms. The highest BCUT2D eigenvalue weighted by atomic mass is 35.5. The molecule has 2 heterocycles. The zero-order chi connectivity index (χ0) is 27.3. The molecule has 3 N–H and O–H groups in total. The van der Waals surface area contributed by atoms with Gasteiger partial charge in [-0.2, -0.15) is 5.10 Å². The van der Waals surface area contributed by atoms with Crippen LogP contribution in [0.25, 0.3) is 11.1 Å². The number of hydrogen-bond acceptors (Lipinski definition) is 6. The third kappa shape index (κ3) is 6.91. The van der Waals surface area contributed by atoms with Crippen molar-refractivity contribution < 1.29 is 13.9 Å². The first-order chi connectivity index (χ1) is 17.4. The van der Waals surface area contributed by atoms with Crippen molar-refractivity contribution in [3.05, 3.63) is 57.7 Å². The normalized spacial score (nSPS) is 11.7. The number of carbonyl (C=O) groups is 1. The molecule has 0 bridgehead atoms. The Labute approximate surface area is 226 Å². The fourth-order valence-electron chi connectivity index (χ4n) is 3.73. The van der Waals surface area contributed by atoms with Gasteiger partial charge in [0.1, 0.15) is 11.4 Å². The summed E-state index contributed by atoms with van der Waals surface area (Å²) in [6.07, 6.45) is 4.59. The third-order valence-corrected chi connectivity index (χ3v) is 6.80. The van der Waals surface area contributed by atoms with E-state index in [2.05, 4.69) is 20.3 Å². The molecule has 3 aromatic rings. The quantitative estimate of drug-likeness (QED) is 0.265. The molecule has 0 aliphatic heterocycles. The van der Waals surface area contributed by atoms with Crippen LogP contribution in [0.3, 0.4) is 0 Å². The number of rotatable bonds is 11. The number of nitrogens with one attached hydrogen (secondary N) is 1. The molecular formula is C26H33Cl2FN6O2. The van der Waals surface area contributed by atoms with E-state index in [9.17, 15) is 9.18 Å². The van der Waals surface area contributed by atoms with E-state index in [4.69, 9.17) is 33.7 Å². The molecule has 200 valence electrons. The topological polar surface area (TPSA) is 98.3 Å². The number of pyridine rings is 1. The first-order valence-corrected chi connectivity index (χ1v) is 12.7. The minimum Gasteiger partial charge on any atom is -0.489 e. The third-order valence-electron chi connectivity index (χ3n) is 6.04. The molecule has 0 atom stereocenters. The molecule has 8 nitrogen and oxygen atoms in total. The van der Waals surface area contributed by atoms with Crippen LogP contribution in [-0.4, -0.2) is 59.4 Å². The van der Waals surface area contributed by atoms with Crippen molar-refractivity contribution in [1.82, 2.24) is 25.0 Å². The van der Waals surface area contributed by atoms with Gasteiger partial charge < -0.3 is 20.7 Å². The van der Waals surface area contributed by atoms with Crippen molar-refractivity contribution in [3.63, 3.8) is 0 Å². The molecule has 0 fully saturated rings. The SMILES string of the molecule is Cc1nn(C(C)(C)C(=O)NCCCN(C)C)cc1-c1cnc(N)c(OCCc2c(Cl)ccc(F)c2Cl)c1. The summed E-state index contributed by atoms with van der Waals surface area (Å²) >= 11 is 12.2. The number of ether oxygens (including phenoxy) is 1. The molecule has 0 aliphatic rings. The maximum absolute atomic E-state index is 13.8. The minimum atomic E-state index is -0.898. The average Bonchev–Trinajstić information content (AvgIpc) is 3.24. The summed E-state index contributed by atoms with van der Waals surface area (Å²) in [4.78, 5) is 19.2. The summed E-state index contributed by atoms with van der Waals surface area (Å²) in [7, 11) is 4.00. The first kappa shape index (κ1) is 28.7. The summed E-state index contributed by atoms with van der Waals surface area (Å²) in [5.41, 5.74) is 7.85. The molecule has 0 radical (unpaired) electrons. The predicted molar refractivity (Wildman–Crippen MR) is 146 cm³/mol. The number of nitrogen functional groups attached to an aromatic ring is 1. The van der Waals surface area contributed by atoms with Crippen LogP contribution >= 0.6 is 23.2 Å². The van der Waals surface area contributed by atoms with Gasteiger partial charge in [-0.3, -0.25) is 9.48 Å². The molecule has 37 heavy (non-hydrogen) atoms. The molecule has 0 unspecified atom stereocenters. The summed E-state index contributed by atoms with van der Waals surface area (Å²) < 4.78 is 21.3. The monoisotopic (exact) mass is 550 g/mol. The highest BCUT2D eigenvalue weighted by Crippen LogP contribution is 2.31. The number of aryl methyl sites for hydroxylation is 1. The summed E-state index contributed by atoms with van der Waals surface area (Å²) in [6.45, 7) is 7.15. The lowest BCUT2D eigenvalue weighted by molar-refractivity contribution is -0.128. The number of nitrogens with zero attached hydrogens (tertiary/aromatic N) is 4. The number of carbonyl (C=O) groups excluding carboxylic acids is 1. The summed E-state index contributed by atoms with van der Waals surface area (Å²) in [6, 6.07) is 4.44. The number of nitrogens with two attached hydrogens (primary N) is 1. The molecular weight excluding hydrogens is 518 g/mol. The van der Waals surface area contributed by atoms with E-state index >= 15 is 0 Å². The van der Waals surface area contributed by atoms with Crippen LogP contribution in [0.1, 0.15) is 31.5 Å². The minimum absolute atomic E-state index is 0.0247. The van der Waals surface area contributed by atoms with Crippen molar-refractivity contribution in [1.29, 1.82) is 0 Å². The van der Waals surface area contributed by atoms with Crippen LogP contribution in [-0.2, 0) is 16.8 Å². The number of benzene rings is 1. The zero-order valence-corrected chi connectivity index (χ0v) is 23.3. The first-order valence-electron chi connectivity index (χ1n) is 11.9. The second kappa shape index (κ2) is 12.1. The fourth-order valence-corrected chi connectivity index (χ4v) is 4.29. The fraction of sp³-hybridized carbons (Fsp3) is 0.423. The predicted octanol–water partition coefficient (Wildman–Crippen LogP) is 4.71. The van der Waals surface area contributed by atoms with Gasteiger partial charge in [0.05, 0.1) is 17.3 Å². The molecule has 3 rings (SSSR count). The Morgan fingerprint density at radius 3 is 2.73 bits per heavy atom. The second-order valence-corrected chi connectivity index (χ2v) is 10.4. The van der Waals surface area contributed by atoms with Crippen LogP contribution in [0.2, 0.25) is 10.0 Å². The van der Waals surface area contributed by atoms with E-state index in [0.717, 1.165) is 29.8 Å². The van der Waals surface area contributed by atoms with Crippen molar-refractivity contribution in [2.75, 3.05) is 39.5 Å². The van der Waals surface area contributed by atoms with Gasteiger partial charge >= 0.3 is 0 Å². The van der Waals surface area contributed by atoms with E-state index in [1.165, 1.54) is 12.1 Å². The van der Waals surface area contributed by atoms with Gasteiger partial charge in [0.25, 0.3) is 0 Å². The van der Waals surface area contributed by atoms with E-state index in [1.807, 2.05) is 41.1 Å². The van der Waals surface area contributed by atoms with Gasteiger partial charge in [0.15, 0.2) is 11.6 Å². The molecule has 0 aliphatic carbocycles. The Hall–Kier alpha value is -2.88. The summed E-state index contributed by atoms with van der Waals surface area (Å²) in [5, 5.41) is 7.93. The van der Waals surface area contributed by atoms with Crippen LogP contribution in [0.15, 0.2) is 30.6 Å². The van der Waals surface area contributed by atoms with E-state index < -0.39 is 11.4 Å². The summed E-state index contributed by atoms with van der Waals surface area (Å²) in [5.74, 6) is -0.0785. The number of amides is 1. The number of hydrogen-bond donors (Lipinski definition) is 2. The van der Waals surface area contributed by atoms with Crippen LogP contribution in [0, 0.1) is 12.7 Å². The molecule has 1 amide bonds. The van der Waals surface area contributed by atoms with E-state index in [-0.39, 0.29) is 29.8 Å². The Balaban J connectivity index is 1.74. The number of aromatic nitrogens is 3. The van der Waals surface area contributed by atoms with E-state index in [1.54, 1.807) is 16.9 Å². The molecule has 11 heteroatoms. The van der Waals surface area contributed by atoms with Gasteiger partial charge in [-0.15, -0.1) is 0 Å². The molecule has 0 saturated carbocycles. The van der Waals surface area contributed by atoms with Crippen molar-refractivity contribution in [3.8, 4) is 16.9 Å². The van der Waals surface area contributed by atoms with Crippen molar-refractivity contribution in [2.24, 2.45) is 0 Å². The highest BCUT2D eigenvalue weighted by Gasteiger charge is 2.31. The van der Waals surface area contributed by atoms with Gasteiger partial charge in [0, 0.05) is 41.5 Å². The van der Waals surface area contributed by atoms with E-state index in [0.29, 0.717) is 22.9 Å². The smallest absolute Gasteiger partial charge is 0.247 e. The Morgan fingerprint density at radius 2 is 2.03 bits per heavy atom. The van der Waals surface area contributed by atoms with Gasteiger partial charge in [-0.1, -0.05) is 23.2 Å². The van der Waals surface area contributed by atoms with Gasteiger partial charge in [-0.05, 0) is 71.6 Å². The molecule has 2 aromatic heterocycles. The number of anilines is 1. The van der Waals surface area contributed by atoms with Gasteiger partial charge in [0.2, 0.25) is 5.91 Å². The molecule has 0 saturated heterocycles. The Morgan fingerprint density at radius 1 is 1.30 bits per heavy atom. The number of halogens is 3. The standard InChI is InChI=1S/C26H33Cl2FN6O2/c1-16-19(15-35(33-16)26(2,3)25(36)31-10-6-11-34(4)5)17-13-22(24(30)32-14-17)37-12-9-18-20(27)7-8-21(29)23(18)28/h7-8,13-15H,6,9-12H2,1-5H3,(H2,30,32)(H,31,36). The zero-order valence-electron chi connectivity index (χ0n) is 21.7. The lowest BCUT2D eigenvalue weighted by atomic mass is 10.0. The highest BCUT2D eigenvalue weighted by molar-refractivity contribution is 6.36. The van der Waals surface area contributed by atoms with Crippen molar-refractivity contribution >= 4 is 34.9 Å². The van der Waals surface area contributed by atoms with Crippen LogP contribution < -0.4 is 15.8 Å². The lowest BCUT2D eigenvalue weighted by Gasteiger charge is -2.24. The van der Waals surface area contributed by atoms with Crippen LogP contribution in [0.4, 0.5) is 10.2 Å². The second-order valence-electron chi connectivity index (χ2n) is 9.57. The molecule has 1 aromatic carbocycles. The van der Waals surface area contributed by atoms with Gasteiger partial charge in [-0.25, -0.2) is 9.37 Å². The largest absolute Gasteiger partial charge is 0.489 e. The maximum Gasteiger partial charge on any atom is 0.247 e. The maximum atomic E-state index is 13.8. The van der Waals surface area contributed by atoms with Crippen molar-refractivity contribution in [2.45, 2.75) is 39.2 Å². The Bertz CT molecular complexity index is 1260. The van der Waals surface area contributed by atoms with Crippen LogP contribution in [0.5, 0.6) is 5.75 Å².